The number of nitrogens with zero attached hydrogens (tertiary/aromatic N) is 4. The molecule has 0 bridgehead atoms. The first-order chi connectivity index (χ1) is 9.84. The van der Waals surface area contributed by atoms with Gasteiger partial charge in [0, 0.05) is 12.4 Å². The topological polar surface area (TPSA) is 59.3 Å². The molecule has 0 amide bonds. The number of hydrogen-bond donors (Lipinski definition) is 2. The Morgan fingerprint density at radius 3 is 1.80 bits per heavy atom. The SMILES string of the molecule is O[NH+](c1cnn2ccccc12)c1cnn2ccccc12. The van der Waals surface area contributed by atoms with Gasteiger partial charge < -0.3 is 0 Å². The molecule has 0 atom stereocenters. The zero-order valence-corrected chi connectivity index (χ0v) is 10.5. The highest BCUT2D eigenvalue weighted by Crippen LogP contribution is 2.17. The molecule has 0 aromatic carbocycles. The van der Waals surface area contributed by atoms with E-state index in [1.54, 1.807) is 21.4 Å². The minimum absolute atomic E-state index is 0.187. The Balaban J connectivity index is 1.90. The first kappa shape index (κ1) is 11.2. The van der Waals surface area contributed by atoms with Crippen LogP contribution in [0.3, 0.4) is 0 Å². The second-order valence-electron chi connectivity index (χ2n) is 4.53. The highest BCUT2D eigenvalue weighted by Gasteiger charge is 2.22. The van der Waals surface area contributed by atoms with Crippen LogP contribution in [0.4, 0.5) is 11.4 Å². The number of nitrogens with one attached hydrogen (secondary N) is 1. The Kier molecular flexibility index (Phi) is 2.32. The number of quaternary nitrogens is 1. The molecule has 0 unspecified atom stereocenters. The molecule has 4 heterocycles. The van der Waals surface area contributed by atoms with Crippen molar-refractivity contribution in [3.63, 3.8) is 0 Å². The van der Waals surface area contributed by atoms with Crippen molar-refractivity contribution >= 4 is 22.4 Å². The molecule has 2 N–H and O–H groups in total. The molecular formula is C14H12N5O+. The van der Waals surface area contributed by atoms with Crippen molar-refractivity contribution in [1.29, 1.82) is 0 Å². The third-order valence-electron chi connectivity index (χ3n) is 3.36. The molecular weight excluding hydrogens is 254 g/mol. The van der Waals surface area contributed by atoms with Gasteiger partial charge >= 0.3 is 0 Å². The Bertz CT molecular complexity index is 821. The fourth-order valence-electron chi connectivity index (χ4n) is 2.38. The summed E-state index contributed by atoms with van der Waals surface area (Å²) in [5.41, 5.74) is 3.12. The monoisotopic (exact) mass is 266 g/mol. The van der Waals surface area contributed by atoms with Gasteiger partial charge in [0.25, 0.3) is 0 Å². The summed E-state index contributed by atoms with van der Waals surface area (Å²) < 4.78 is 3.47. The van der Waals surface area contributed by atoms with Crippen LogP contribution in [0.25, 0.3) is 11.0 Å². The molecule has 6 nitrogen and oxygen atoms in total. The maximum absolute atomic E-state index is 10.6. The fraction of sp³-hybridized carbons (Fsp3) is 0. The predicted molar refractivity (Wildman–Crippen MR) is 72.5 cm³/mol. The summed E-state index contributed by atoms with van der Waals surface area (Å²) in [5, 5.41) is 19.2. The predicted octanol–water partition coefficient (Wildman–Crippen LogP) is 1.22. The van der Waals surface area contributed by atoms with Crippen LogP contribution in [-0.4, -0.2) is 24.4 Å². The van der Waals surface area contributed by atoms with Crippen molar-refractivity contribution in [3.05, 3.63) is 61.2 Å². The first-order valence-electron chi connectivity index (χ1n) is 6.26. The summed E-state index contributed by atoms with van der Waals surface area (Å²) in [4.78, 5) is 0. The average Bonchev–Trinajstić information content (AvgIpc) is 3.11. The van der Waals surface area contributed by atoms with Crippen molar-refractivity contribution in [2.75, 3.05) is 0 Å². The zero-order chi connectivity index (χ0) is 13.5. The molecule has 0 spiro atoms. The van der Waals surface area contributed by atoms with Crippen LogP contribution in [0.2, 0.25) is 0 Å². The highest BCUT2D eigenvalue weighted by atomic mass is 16.5. The molecule has 0 radical (unpaired) electrons. The lowest BCUT2D eigenvalue weighted by Crippen LogP contribution is -2.99. The lowest BCUT2D eigenvalue weighted by molar-refractivity contribution is -0.976. The van der Waals surface area contributed by atoms with Gasteiger partial charge in [0.05, 0.1) is 0 Å². The summed E-state index contributed by atoms with van der Waals surface area (Å²) in [6.45, 7) is 0. The smallest absolute Gasteiger partial charge is 0.215 e. The fourth-order valence-corrected chi connectivity index (χ4v) is 2.38. The first-order valence-corrected chi connectivity index (χ1v) is 6.26. The molecule has 98 valence electrons. The van der Waals surface area contributed by atoms with Crippen LogP contribution < -0.4 is 5.06 Å². The van der Waals surface area contributed by atoms with Crippen LogP contribution in [0, 0.1) is 0 Å². The van der Waals surface area contributed by atoms with Gasteiger partial charge in [0.1, 0.15) is 23.4 Å². The lowest BCUT2D eigenvalue weighted by Gasteiger charge is -2.06. The normalized spacial score (nSPS) is 11.7. The summed E-state index contributed by atoms with van der Waals surface area (Å²) in [7, 11) is 0. The van der Waals surface area contributed by atoms with E-state index in [1.807, 2.05) is 48.8 Å². The van der Waals surface area contributed by atoms with E-state index >= 15 is 0 Å². The van der Waals surface area contributed by atoms with Crippen LogP contribution >= 0.6 is 0 Å². The van der Waals surface area contributed by atoms with E-state index in [1.165, 1.54) is 0 Å². The van der Waals surface area contributed by atoms with Gasteiger partial charge in [-0.2, -0.15) is 10.2 Å². The Labute approximate surface area is 114 Å². The van der Waals surface area contributed by atoms with E-state index in [9.17, 15) is 5.21 Å². The van der Waals surface area contributed by atoms with Crippen LogP contribution in [0.1, 0.15) is 0 Å². The molecule has 4 rings (SSSR count). The largest absolute Gasteiger partial charge is 0.235 e. The van der Waals surface area contributed by atoms with Gasteiger partial charge in [-0.15, -0.1) is 5.06 Å². The van der Waals surface area contributed by atoms with Gasteiger partial charge in [0.15, 0.2) is 0 Å². The number of rotatable bonds is 2. The van der Waals surface area contributed by atoms with Crippen LogP contribution in [-0.2, 0) is 0 Å². The van der Waals surface area contributed by atoms with E-state index in [0.717, 1.165) is 11.0 Å². The molecule has 4 aromatic heterocycles. The summed E-state index contributed by atoms with van der Waals surface area (Å²) >= 11 is 0. The number of hydrogen-bond acceptors (Lipinski definition) is 3. The van der Waals surface area contributed by atoms with Crippen molar-refractivity contribution in [2.24, 2.45) is 0 Å². The molecule has 0 aliphatic carbocycles. The third kappa shape index (κ3) is 1.52. The number of fused-ring (bicyclic) bond motifs is 2. The number of aromatic nitrogens is 4. The molecule has 0 aliphatic heterocycles. The number of pyridine rings is 2. The Hall–Kier alpha value is -2.70. The molecule has 0 fully saturated rings. The maximum Gasteiger partial charge on any atom is 0.215 e. The van der Waals surface area contributed by atoms with Crippen LogP contribution in [0.15, 0.2) is 61.2 Å². The molecule has 0 saturated heterocycles. The summed E-state index contributed by atoms with van der Waals surface area (Å²) in [5.74, 6) is 0. The van der Waals surface area contributed by atoms with Crippen molar-refractivity contribution < 1.29 is 10.3 Å². The molecule has 20 heavy (non-hydrogen) atoms. The van der Waals surface area contributed by atoms with Crippen molar-refractivity contribution in [1.82, 2.24) is 19.2 Å². The minimum Gasteiger partial charge on any atom is -0.235 e. The second-order valence-corrected chi connectivity index (χ2v) is 4.53. The summed E-state index contributed by atoms with van der Waals surface area (Å²) in [6.07, 6.45) is 7.03. The second kappa shape index (κ2) is 4.16. The summed E-state index contributed by atoms with van der Waals surface area (Å²) in [6, 6.07) is 11.5. The van der Waals surface area contributed by atoms with Gasteiger partial charge in [-0.3, -0.25) is 0 Å². The third-order valence-corrected chi connectivity index (χ3v) is 3.36. The van der Waals surface area contributed by atoms with E-state index in [4.69, 9.17) is 0 Å². The Morgan fingerprint density at radius 2 is 1.30 bits per heavy atom. The molecule has 4 aromatic rings. The van der Waals surface area contributed by atoms with Gasteiger partial charge in [0.2, 0.25) is 11.4 Å². The maximum atomic E-state index is 10.6. The zero-order valence-electron chi connectivity index (χ0n) is 10.5. The van der Waals surface area contributed by atoms with E-state index in [-0.39, 0.29) is 5.06 Å². The quantitative estimate of drug-likeness (QED) is 0.536. The van der Waals surface area contributed by atoms with Crippen molar-refractivity contribution in [3.8, 4) is 0 Å². The average molecular weight is 266 g/mol. The van der Waals surface area contributed by atoms with Crippen LogP contribution in [0.5, 0.6) is 0 Å². The lowest BCUT2D eigenvalue weighted by atomic mass is 10.3. The van der Waals surface area contributed by atoms with Gasteiger partial charge in [-0.25, -0.2) is 14.2 Å². The van der Waals surface area contributed by atoms with E-state index in [0.29, 0.717) is 11.4 Å². The molecule has 0 aliphatic rings. The Morgan fingerprint density at radius 1 is 0.800 bits per heavy atom. The van der Waals surface area contributed by atoms with Gasteiger partial charge in [-0.05, 0) is 24.3 Å². The highest BCUT2D eigenvalue weighted by molar-refractivity contribution is 5.68. The van der Waals surface area contributed by atoms with E-state index < -0.39 is 0 Å². The minimum atomic E-state index is 0.187. The molecule has 0 saturated carbocycles. The van der Waals surface area contributed by atoms with Gasteiger partial charge in [-0.1, -0.05) is 12.1 Å². The molecule has 6 heteroatoms. The van der Waals surface area contributed by atoms with Crippen molar-refractivity contribution in [2.45, 2.75) is 0 Å². The van der Waals surface area contributed by atoms with E-state index in [2.05, 4.69) is 10.2 Å². The standard InChI is InChI=1S/C14H11N5O/c20-19(13-9-15-17-7-3-1-5-11(13)17)14-10-16-18-8-4-2-6-12(14)18/h1-10,20H/p+1.